The fourth-order valence-electron chi connectivity index (χ4n) is 3.07. The molecular weight excluding hydrogens is 216 g/mol. The standard InChI is InChI=1S/C13H24N2O2/c16-9-6-11-4-3-8-15(10-11)12-5-1-2-7-14-13(12)17/h11-12,16H,1-10H2,(H,14,17). The van der Waals surface area contributed by atoms with E-state index in [-0.39, 0.29) is 18.6 Å². The summed E-state index contributed by atoms with van der Waals surface area (Å²) in [4.78, 5) is 14.3. The van der Waals surface area contributed by atoms with Crippen LogP contribution in [0.4, 0.5) is 0 Å². The number of rotatable bonds is 3. The number of amides is 1. The van der Waals surface area contributed by atoms with Crippen LogP contribution in [0.5, 0.6) is 0 Å². The number of hydrogen-bond acceptors (Lipinski definition) is 3. The number of carbonyl (C=O) groups excluding carboxylic acids is 1. The molecule has 2 rings (SSSR count). The van der Waals surface area contributed by atoms with Gasteiger partial charge < -0.3 is 10.4 Å². The maximum Gasteiger partial charge on any atom is 0.237 e. The van der Waals surface area contributed by atoms with E-state index in [1.165, 1.54) is 6.42 Å². The van der Waals surface area contributed by atoms with Gasteiger partial charge in [0.1, 0.15) is 0 Å². The van der Waals surface area contributed by atoms with Crippen LogP contribution in [0, 0.1) is 5.92 Å². The zero-order valence-electron chi connectivity index (χ0n) is 10.5. The molecule has 1 amide bonds. The Morgan fingerprint density at radius 2 is 2.18 bits per heavy atom. The Balaban J connectivity index is 1.92. The summed E-state index contributed by atoms with van der Waals surface area (Å²) in [5.41, 5.74) is 0. The van der Waals surface area contributed by atoms with E-state index < -0.39 is 0 Å². The zero-order valence-corrected chi connectivity index (χ0v) is 10.5. The van der Waals surface area contributed by atoms with Gasteiger partial charge in [-0.25, -0.2) is 0 Å². The normalized spacial score (nSPS) is 31.9. The highest BCUT2D eigenvalue weighted by atomic mass is 16.3. The Morgan fingerprint density at radius 1 is 1.29 bits per heavy atom. The smallest absolute Gasteiger partial charge is 0.237 e. The molecule has 0 aromatic carbocycles. The second-order valence-corrected chi connectivity index (χ2v) is 5.32. The van der Waals surface area contributed by atoms with Crippen molar-refractivity contribution in [3.05, 3.63) is 0 Å². The predicted molar refractivity (Wildman–Crippen MR) is 66.6 cm³/mol. The zero-order chi connectivity index (χ0) is 12.1. The molecule has 2 fully saturated rings. The highest BCUT2D eigenvalue weighted by Crippen LogP contribution is 2.23. The molecule has 17 heavy (non-hydrogen) atoms. The van der Waals surface area contributed by atoms with E-state index in [0.717, 1.165) is 51.7 Å². The molecule has 4 nitrogen and oxygen atoms in total. The van der Waals surface area contributed by atoms with Crippen molar-refractivity contribution >= 4 is 5.91 Å². The minimum absolute atomic E-state index is 0.0824. The van der Waals surface area contributed by atoms with Crippen LogP contribution < -0.4 is 5.32 Å². The maximum atomic E-state index is 12.0. The van der Waals surface area contributed by atoms with Crippen LogP contribution in [0.1, 0.15) is 38.5 Å². The highest BCUT2D eigenvalue weighted by molar-refractivity contribution is 5.81. The Labute approximate surface area is 103 Å². The van der Waals surface area contributed by atoms with Crippen LogP contribution in [0.25, 0.3) is 0 Å². The monoisotopic (exact) mass is 240 g/mol. The van der Waals surface area contributed by atoms with Gasteiger partial charge in [-0.2, -0.15) is 0 Å². The van der Waals surface area contributed by atoms with Crippen molar-refractivity contribution in [1.29, 1.82) is 0 Å². The number of piperidine rings is 1. The van der Waals surface area contributed by atoms with E-state index in [0.29, 0.717) is 5.92 Å². The van der Waals surface area contributed by atoms with Gasteiger partial charge in [-0.05, 0) is 51.0 Å². The molecule has 2 N–H and O–H groups in total. The van der Waals surface area contributed by atoms with Gasteiger partial charge in [0.15, 0.2) is 0 Å². The topological polar surface area (TPSA) is 52.6 Å². The van der Waals surface area contributed by atoms with Crippen LogP contribution in [0.15, 0.2) is 0 Å². The van der Waals surface area contributed by atoms with E-state index in [4.69, 9.17) is 5.11 Å². The van der Waals surface area contributed by atoms with Crippen LogP contribution in [-0.4, -0.2) is 48.2 Å². The van der Waals surface area contributed by atoms with E-state index in [1.807, 2.05) is 0 Å². The first-order valence-electron chi connectivity index (χ1n) is 6.94. The number of likely N-dealkylation sites (tertiary alicyclic amines) is 1. The van der Waals surface area contributed by atoms with Crippen molar-refractivity contribution < 1.29 is 9.90 Å². The molecule has 0 radical (unpaired) electrons. The minimum atomic E-state index is 0.0824. The fraction of sp³-hybridized carbons (Fsp3) is 0.923. The molecule has 2 heterocycles. The third kappa shape index (κ3) is 3.42. The predicted octanol–water partition coefficient (Wildman–Crippen LogP) is 0.749. The Bertz CT molecular complexity index is 256. The SMILES string of the molecule is O=C1NCCCCC1N1CCCC(CCO)C1. The molecule has 2 atom stereocenters. The van der Waals surface area contributed by atoms with Gasteiger partial charge in [0.05, 0.1) is 6.04 Å². The summed E-state index contributed by atoms with van der Waals surface area (Å²) in [6, 6.07) is 0.0824. The van der Waals surface area contributed by atoms with E-state index in [2.05, 4.69) is 10.2 Å². The van der Waals surface area contributed by atoms with Gasteiger partial charge in [-0.15, -0.1) is 0 Å². The largest absolute Gasteiger partial charge is 0.396 e. The summed E-state index contributed by atoms with van der Waals surface area (Å²) < 4.78 is 0. The Morgan fingerprint density at radius 3 is 3.00 bits per heavy atom. The van der Waals surface area contributed by atoms with Crippen molar-refractivity contribution in [3.63, 3.8) is 0 Å². The third-order valence-corrected chi connectivity index (χ3v) is 4.03. The lowest BCUT2D eigenvalue weighted by Gasteiger charge is -2.37. The number of hydrogen-bond donors (Lipinski definition) is 2. The Kier molecular flexibility index (Phi) is 4.80. The summed E-state index contributed by atoms with van der Waals surface area (Å²) in [5, 5.41) is 12.0. The van der Waals surface area contributed by atoms with Gasteiger partial charge in [0, 0.05) is 19.7 Å². The quantitative estimate of drug-likeness (QED) is 0.765. The molecule has 0 saturated carbocycles. The van der Waals surface area contributed by atoms with Crippen molar-refractivity contribution in [2.45, 2.75) is 44.6 Å². The number of nitrogens with zero attached hydrogens (tertiary/aromatic N) is 1. The summed E-state index contributed by atoms with van der Waals surface area (Å²) in [6.07, 6.45) is 6.49. The fourth-order valence-corrected chi connectivity index (χ4v) is 3.07. The first-order chi connectivity index (χ1) is 8.31. The lowest BCUT2D eigenvalue weighted by atomic mass is 9.93. The van der Waals surface area contributed by atoms with Gasteiger partial charge >= 0.3 is 0 Å². The first-order valence-corrected chi connectivity index (χ1v) is 6.94. The molecule has 2 saturated heterocycles. The number of aliphatic hydroxyl groups excluding tert-OH is 1. The van der Waals surface area contributed by atoms with Crippen molar-refractivity contribution in [2.24, 2.45) is 5.92 Å². The van der Waals surface area contributed by atoms with Crippen LogP contribution in [0.2, 0.25) is 0 Å². The molecule has 4 heteroatoms. The van der Waals surface area contributed by atoms with Gasteiger partial charge in [-0.1, -0.05) is 0 Å². The lowest BCUT2D eigenvalue weighted by molar-refractivity contribution is -0.126. The molecule has 2 unspecified atom stereocenters. The molecular formula is C13H24N2O2. The van der Waals surface area contributed by atoms with Gasteiger partial charge in [0.25, 0.3) is 0 Å². The molecule has 0 spiro atoms. The molecule has 2 aliphatic rings. The second-order valence-electron chi connectivity index (χ2n) is 5.32. The van der Waals surface area contributed by atoms with E-state index in [1.54, 1.807) is 0 Å². The number of carbonyl (C=O) groups is 1. The average molecular weight is 240 g/mol. The molecule has 2 aliphatic heterocycles. The Hall–Kier alpha value is -0.610. The summed E-state index contributed by atoms with van der Waals surface area (Å²) in [5.74, 6) is 0.789. The third-order valence-electron chi connectivity index (χ3n) is 4.03. The van der Waals surface area contributed by atoms with Gasteiger partial charge in [0.2, 0.25) is 5.91 Å². The molecule has 0 aromatic rings. The highest BCUT2D eigenvalue weighted by Gasteiger charge is 2.30. The summed E-state index contributed by atoms with van der Waals surface area (Å²) in [7, 11) is 0. The van der Waals surface area contributed by atoms with Crippen molar-refractivity contribution in [3.8, 4) is 0 Å². The van der Waals surface area contributed by atoms with E-state index in [9.17, 15) is 4.79 Å². The minimum Gasteiger partial charge on any atom is -0.396 e. The van der Waals surface area contributed by atoms with Crippen LogP contribution in [-0.2, 0) is 4.79 Å². The summed E-state index contributed by atoms with van der Waals surface area (Å²) in [6.45, 7) is 3.14. The van der Waals surface area contributed by atoms with Crippen LogP contribution >= 0.6 is 0 Å². The second kappa shape index (κ2) is 6.36. The molecule has 0 bridgehead atoms. The average Bonchev–Trinajstić information content (AvgIpc) is 2.55. The van der Waals surface area contributed by atoms with E-state index >= 15 is 0 Å². The van der Waals surface area contributed by atoms with Crippen LogP contribution in [0.3, 0.4) is 0 Å². The molecule has 98 valence electrons. The maximum absolute atomic E-state index is 12.0. The van der Waals surface area contributed by atoms with Crippen molar-refractivity contribution in [1.82, 2.24) is 10.2 Å². The molecule has 0 aliphatic carbocycles. The molecule has 0 aromatic heterocycles. The number of aliphatic hydroxyl groups is 1. The van der Waals surface area contributed by atoms with Crippen molar-refractivity contribution in [2.75, 3.05) is 26.2 Å². The number of nitrogens with one attached hydrogen (secondary N) is 1. The first kappa shape index (κ1) is 12.8. The lowest BCUT2D eigenvalue weighted by Crippen LogP contribution is -2.49. The van der Waals surface area contributed by atoms with Gasteiger partial charge in [-0.3, -0.25) is 9.69 Å². The summed E-state index contributed by atoms with van der Waals surface area (Å²) >= 11 is 0.